The van der Waals surface area contributed by atoms with Gasteiger partial charge in [0.1, 0.15) is 0 Å². The van der Waals surface area contributed by atoms with Crippen molar-refractivity contribution < 1.29 is 13.2 Å². The van der Waals surface area contributed by atoms with Crippen molar-refractivity contribution in [2.24, 2.45) is 5.92 Å². The number of halogens is 3. The number of hydrogen-bond acceptors (Lipinski definition) is 1. The third-order valence-electron chi connectivity index (χ3n) is 2.70. The van der Waals surface area contributed by atoms with E-state index in [-0.39, 0.29) is 5.75 Å². The van der Waals surface area contributed by atoms with E-state index in [1.807, 2.05) is 0 Å². The normalized spacial score (nSPS) is 19.5. The highest BCUT2D eigenvalue weighted by molar-refractivity contribution is 7.99. The van der Waals surface area contributed by atoms with Gasteiger partial charge in [0.2, 0.25) is 0 Å². The van der Waals surface area contributed by atoms with Gasteiger partial charge in [-0.1, -0.05) is 12.2 Å². The number of rotatable bonds is 4. The standard InChI is InChI=1S/C11H17F3S/c1-9-2-4-10(5-3-9)8-15-7-6-11(12,13)14/h10H,1-8H2. The molecule has 0 atom stereocenters. The SMILES string of the molecule is C=C1CCC(CSCCC(F)(F)F)CC1. The van der Waals surface area contributed by atoms with Crippen molar-refractivity contribution in [2.45, 2.75) is 38.3 Å². The summed E-state index contributed by atoms with van der Waals surface area (Å²) in [4.78, 5) is 0. The van der Waals surface area contributed by atoms with E-state index in [0.29, 0.717) is 5.92 Å². The summed E-state index contributed by atoms with van der Waals surface area (Å²) in [5, 5.41) is 0. The fourth-order valence-corrected chi connectivity index (χ4v) is 2.90. The van der Waals surface area contributed by atoms with Gasteiger partial charge >= 0.3 is 6.18 Å². The van der Waals surface area contributed by atoms with Crippen molar-refractivity contribution >= 4 is 11.8 Å². The Hall–Kier alpha value is -0.120. The second kappa shape index (κ2) is 5.83. The molecule has 0 aromatic carbocycles. The zero-order valence-corrected chi connectivity index (χ0v) is 9.59. The Morgan fingerprint density at radius 1 is 1.27 bits per heavy atom. The molecule has 1 rings (SSSR count). The predicted molar refractivity (Wildman–Crippen MR) is 59.1 cm³/mol. The Morgan fingerprint density at radius 3 is 2.40 bits per heavy atom. The molecular weight excluding hydrogens is 221 g/mol. The van der Waals surface area contributed by atoms with E-state index in [0.717, 1.165) is 31.4 Å². The van der Waals surface area contributed by atoms with Gasteiger partial charge in [0.25, 0.3) is 0 Å². The first kappa shape index (κ1) is 12.9. The first-order valence-corrected chi connectivity index (χ1v) is 6.44. The van der Waals surface area contributed by atoms with E-state index in [9.17, 15) is 13.2 Å². The second-order valence-corrected chi connectivity index (χ2v) is 5.28. The average molecular weight is 238 g/mol. The quantitative estimate of drug-likeness (QED) is 0.516. The molecule has 0 amide bonds. The van der Waals surface area contributed by atoms with Gasteiger partial charge < -0.3 is 0 Å². The van der Waals surface area contributed by atoms with Crippen molar-refractivity contribution in [3.05, 3.63) is 12.2 Å². The summed E-state index contributed by atoms with van der Waals surface area (Å²) in [5.74, 6) is 1.69. The average Bonchev–Trinajstić information content (AvgIpc) is 2.14. The van der Waals surface area contributed by atoms with Crippen LogP contribution in [0.4, 0.5) is 13.2 Å². The molecule has 0 bridgehead atoms. The molecule has 0 nitrogen and oxygen atoms in total. The fraction of sp³-hybridized carbons (Fsp3) is 0.818. The van der Waals surface area contributed by atoms with E-state index in [4.69, 9.17) is 0 Å². The molecule has 0 aromatic rings. The molecule has 1 fully saturated rings. The zero-order chi connectivity index (χ0) is 11.3. The van der Waals surface area contributed by atoms with Crippen LogP contribution in [0.25, 0.3) is 0 Å². The Morgan fingerprint density at radius 2 is 1.87 bits per heavy atom. The van der Waals surface area contributed by atoms with Crippen molar-refractivity contribution in [1.82, 2.24) is 0 Å². The molecule has 0 aliphatic heterocycles. The van der Waals surface area contributed by atoms with Crippen LogP contribution in [-0.4, -0.2) is 17.7 Å². The Labute approximate surface area is 93.3 Å². The van der Waals surface area contributed by atoms with Gasteiger partial charge in [-0.05, 0) is 37.4 Å². The summed E-state index contributed by atoms with van der Waals surface area (Å²) in [5.41, 5.74) is 1.30. The molecule has 0 saturated heterocycles. The van der Waals surface area contributed by atoms with Crippen LogP contribution < -0.4 is 0 Å². The minimum Gasteiger partial charge on any atom is -0.171 e. The summed E-state index contributed by atoms with van der Waals surface area (Å²) in [7, 11) is 0. The molecular formula is C11H17F3S. The first-order valence-electron chi connectivity index (χ1n) is 5.28. The van der Waals surface area contributed by atoms with E-state index in [2.05, 4.69) is 6.58 Å². The van der Waals surface area contributed by atoms with Crippen LogP contribution >= 0.6 is 11.8 Å². The molecule has 0 radical (unpaired) electrons. The van der Waals surface area contributed by atoms with E-state index < -0.39 is 12.6 Å². The highest BCUT2D eigenvalue weighted by Crippen LogP contribution is 2.30. The van der Waals surface area contributed by atoms with Crippen LogP contribution in [0, 0.1) is 5.92 Å². The monoisotopic (exact) mass is 238 g/mol. The Kier molecular flexibility index (Phi) is 5.03. The lowest BCUT2D eigenvalue weighted by Gasteiger charge is -2.22. The van der Waals surface area contributed by atoms with Crippen LogP contribution in [0.1, 0.15) is 32.1 Å². The third kappa shape index (κ3) is 6.13. The number of allylic oxidation sites excluding steroid dienone is 1. The van der Waals surface area contributed by atoms with E-state index in [1.165, 1.54) is 17.3 Å². The molecule has 0 spiro atoms. The van der Waals surface area contributed by atoms with Crippen LogP contribution in [-0.2, 0) is 0 Å². The minimum absolute atomic E-state index is 0.209. The van der Waals surface area contributed by atoms with Crippen molar-refractivity contribution in [1.29, 1.82) is 0 Å². The van der Waals surface area contributed by atoms with Gasteiger partial charge in [-0.3, -0.25) is 0 Å². The van der Waals surface area contributed by atoms with Crippen molar-refractivity contribution in [2.75, 3.05) is 11.5 Å². The lowest BCUT2D eigenvalue weighted by atomic mass is 9.88. The topological polar surface area (TPSA) is 0 Å². The summed E-state index contributed by atoms with van der Waals surface area (Å²) in [6.07, 6.45) is -0.310. The maximum atomic E-state index is 11.8. The highest BCUT2D eigenvalue weighted by Gasteiger charge is 2.26. The van der Waals surface area contributed by atoms with Gasteiger partial charge in [-0.25, -0.2) is 0 Å². The van der Waals surface area contributed by atoms with Gasteiger partial charge in [-0.2, -0.15) is 24.9 Å². The van der Waals surface area contributed by atoms with Gasteiger partial charge in [0.15, 0.2) is 0 Å². The molecule has 0 heterocycles. The molecule has 0 N–H and O–H groups in total. The van der Waals surface area contributed by atoms with Crippen LogP contribution in [0.2, 0.25) is 0 Å². The summed E-state index contributed by atoms with van der Waals surface area (Å²) in [6.45, 7) is 3.92. The Bertz CT molecular complexity index is 200. The zero-order valence-electron chi connectivity index (χ0n) is 8.78. The first-order chi connectivity index (χ1) is 6.97. The second-order valence-electron chi connectivity index (χ2n) is 4.13. The van der Waals surface area contributed by atoms with E-state index >= 15 is 0 Å². The minimum atomic E-state index is -3.99. The molecule has 0 unspecified atom stereocenters. The molecule has 88 valence electrons. The van der Waals surface area contributed by atoms with E-state index in [1.54, 1.807) is 0 Å². The third-order valence-corrected chi connectivity index (χ3v) is 3.90. The molecule has 15 heavy (non-hydrogen) atoms. The molecule has 1 aliphatic rings. The van der Waals surface area contributed by atoms with Crippen molar-refractivity contribution in [3.63, 3.8) is 0 Å². The highest BCUT2D eigenvalue weighted by atomic mass is 32.2. The maximum absolute atomic E-state index is 11.8. The number of hydrogen-bond donors (Lipinski definition) is 0. The van der Waals surface area contributed by atoms with Crippen molar-refractivity contribution in [3.8, 4) is 0 Å². The largest absolute Gasteiger partial charge is 0.389 e. The van der Waals surface area contributed by atoms with Gasteiger partial charge in [-0.15, -0.1) is 0 Å². The maximum Gasteiger partial charge on any atom is 0.389 e. The molecule has 4 heteroatoms. The number of alkyl halides is 3. The van der Waals surface area contributed by atoms with Crippen LogP contribution in [0.15, 0.2) is 12.2 Å². The fourth-order valence-electron chi connectivity index (χ4n) is 1.69. The van der Waals surface area contributed by atoms with Gasteiger partial charge in [0.05, 0.1) is 6.42 Å². The smallest absolute Gasteiger partial charge is 0.171 e. The summed E-state index contributed by atoms with van der Waals surface area (Å²) >= 11 is 1.44. The van der Waals surface area contributed by atoms with Gasteiger partial charge in [0, 0.05) is 5.75 Å². The van der Waals surface area contributed by atoms with Crippen LogP contribution in [0.5, 0.6) is 0 Å². The summed E-state index contributed by atoms with van der Waals surface area (Å²) in [6, 6.07) is 0. The predicted octanol–water partition coefficient (Wildman–Crippen LogP) is 4.42. The lowest BCUT2D eigenvalue weighted by molar-refractivity contribution is -0.129. The molecule has 1 saturated carbocycles. The Balaban J connectivity index is 2.03. The van der Waals surface area contributed by atoms with Crippen LogP contribution in [0.3, 0.4) is 0 Å². The molecule has 1 aliphatic carbocycles. The summed E-state index contributed by atoms with van der Waals surface area (Å²) < 4.78 is 35.5. The molecule has 0 aromatic heterocycles. The number of thioether (sulfide) groups is 1. The lowest BCUT2D eigenvalue weighted by Crippen LogP contribution is -2.12.